The predicted molar refractivity (Wildman–Crippen MR) is 79.7 cm³/mol. The van der Waals surface area contributed by atoms with Gasteiger partial charge in [0.2, 0.25) is 0 Å². The van der Waals surface area contributed by atoms with E-state index in [4.69, 9.17) is 9.72 Å². The number of thiazole rings is 1. The van der Waals surface area contributed by atoms with Crippen LogP contribution in [0.3, 0.4) is 0 Å². The molecule has 1 aromatic heterocycles. The number of aromatic nitrogens is 1. The molecule has 0 radical (unpaired) electrons. The monoisotopic (exact) mass is 286 g/mol. The van der Waals surface area contributed by atoms with Crippen LogP contribution >= 0.6 is 23.1 Å². The highest BCUT2D eigenvalue weighted by Crippen LogP contribution is 2.44. The van der Waals surface area contributed by atoms with Crippen LogP contribution in [-0.2, 0) is 10.3 Å². The highest BCUT2D eigenvalue weighted by molar-refractivity contribution is 8.00. The van der Waals surface area contributed by atoms with Gasteiger partial charge in [0.1, 0.15) is 5.01 Å². The van der Waals surface area contributed by atoms with Gasteiger partial charge in [-0.3, -0.25) is 0 Å². The number of aryl methyl sites for hydroxylation is 2. The minimum Gasteiger partial charge on any atom is -0.383 e. The topological polar surface area (TPSA) is 34.1 Å². The van der Waals surface area contributed by atoms with Gasteiger partial charge < -0.3 is 10.1 Å². The SMILES string of the molecule is COCCNC1(c2nc(C)c(C)s2)CCSC1C. The van der Waals surface area contributed by atoms with Crippen molar-refractivity contribution in [2.75, 3.05) is 26.0 Å². The maximum absolute atomic E-state index is 5.16. The molecule has 0 amide bonds. The van der Waals surface area contributed by atoms with Gasteiger partial charge in [0, 0.05) is 23.8 Å². The molecule has 0 bridgehead atoms. The molecule has 1 aliphatic heterocycles. The lowest BCUT2D eigenvalue weighted by atomic mass is 9.93. The molecule has 0 aliphatic carbocycles. The first-order valence-corrected chi connectivity index (χ1v) is 8.27. The fourth-order valence-corrected chi connectivity index (χ4v) is 5.03. The van der Waals surface area contributed by atoms with Crippen LogP contribution in [-0.4, -0.2) is 36.2 Å². The Labute approximate surface area is 118 Å². The van der Waals surface area contributed by atoms with Crippen molar-refractivity contribution < 1.29 is 4.74 Å². The molecule has 18 heavy (non-hydrogen) atoms. The van der Waals surface area contributed by atoms with E-state index in [0.29, 0.717) is 5.25 Å². The molecule has 2 atom stereocenters. The Bertz CT molecular complexity index is 388. The minimum atomic E-state index is 0.0485. The second-order valence-corrected chi connectivity index (χ2v) is 7.47. The number of nitrogens with one attached hydrogen (secondary N) is 1. The largest absolute Gasteiger partial charge is 0.383 e. The van der Waals surface area contributed by atoms with Gasteiger partial charge in [-0.2, -0.15) is 11.8 Å². The van der Waals surface area contributed by atoms with Crippen LogP contribution in [0.2, 0.25) is 0 Å². The zero-order chi connectivity index (χ0) is 13.2. The summed E-state index contributed by atoms with van der Waals surface area (Å²) in [6.07, 6.45) is 1.16. The summed E-state index contributed by atoms with van der Waals surface area (Å²) >= 11 is 3.88. The summed E-state index contributed by atoms with van der Waals surface area (Å²) in [5.74, 6) is 1.21. The van der Waals surface area contributed by atoms with Crippen LogP contribution in [0, 0.1) is 13.8 Å². The molecule has 102 valence electrons. The number of nitrogens with zero attached hydrogens (tertiary/aromatic N) is 1. The lowest BCUT2D eigenvalue weighted by Gasteiger charge is -2.32. The second kappa shape index (κ2) is 5.90. The van der Waals surface area contributed by atoms with Crippen LogP contribution in [0.25, 0.3) is 0 Å². The molecule has 2 unspecified atom stereocenters. The van der Waals surface area contributed by atoms with E-state index in [0.717, 1.165) is 19.6 Å². The van der Waals surface area contributed by atoms with Crippen molar-refractivity contribution in [2.45, 2.75) is 38.0 Å². The average Bonchev–Trinajstić information content (AvgIpc) is 2.86. The number of hydrogen-bond acceptors (Lipinski definition) is 5. The molecule has 1 saturated heterocycles. The van der Waals surface area contributed by atoms with E-state index in [1.54, 1.807) is 7.11 Å². The molecule has 0 spiro atoms. The summed E-state index contributed by atoms with van der Waals surface area (Å²) in [4.78, 5) is 6.13. The minimum absolute atomic E-state index is 0.0485. The standard InChI is InChI=1S/C13H22N2OS2/c1-9-10(2)18-12(15-9)13(14-6-7-16-4)5-8-17-11(13)3/h11,14H,5-8H2,1-4H3. The van der Waals surface area contributed by atoms with Crippen LogP contribution < -0.4 is 5.32 Å². The third kappa shape index (κ3) is 2.59. The van der Waals surface area contributed by atoms with E-state index in [1.165, 1.54) is 21.3 Å². The van der Waals surface area contributed by atoms with Gasteiger partial charge in [-0.05, 0) is 26.0 Å². The first-order valence-electron chi connectivity index (χ1n) is 6.40. The summed E-state index contributed by atoms with van der Waals surface area (Å²) < 4.78 is 5.16. The molecule has 3 nitrogen and oxygen atoms in total. The van der Waals surface area contributed by atoms with Gasteiger partial charge in [-0.25, -0.2) is 4.98 Å². The van der Waals surface area contributed by atoms with Crippen LogP contribution in [0.15, 0.2) is 0 Å². The van der Waals surface area contributed by atoms with Gasteiger partial charge in [0.05, 0.1) is 17.8 Å². The first kappa shape index (κ1) is 14.3. The average molecular weight is 286 g/mol. The number of thioether (sulfide) groups is 1. The molecule has 1 aromatic rings. The van der Waals surface area contributed by atoms with Crippen LogP contribution in [0.1, 0.15) is 28.9 Å². The van der Waals surface area contributed by atoms with E-state index in [9.17, 15) is 0 Å². The third-order valence-electron chi connectivity index (χ3n) is 3.72. The highest BCUT2D eigenvalue weighted by atomic mass is 32.2. The van der Waals surface area contributed by atoms with Gasteiger partial charge >= 0.3 is 0 Å². The molecule has 1 N–H and O–H groups in total. The lowest BCUT2D eigenvalue weighted by Crippen LogP contribution is -2.47. The number of rotatable bonds is 5. The van der Waals surface area contributed by atoms with Gasteiger partial charge in [-0.1, -0.05) is 6.92 Å². The number of hydrogen-bond donors (Lipinski definition) is 1. The Morgan fingerprint density at radius 3 is 2.78 bits per heavy atom. The summed E-state index contributed by atoms with van der Waals surface area (Å²) in [6.45, 7) is 8.21. The Hall–Kier alpha value is -0.100. The van der Waals surface area contributed by atoms with E-state index in [1.807, 2.05) is 23.1 Å². The maximum atomic E-state index is 5.16. The molecule has 1 aliphatic rings. The van der Waals surface area contributed by atoms with E-state index in [2.05, 4.69) is 26.1 Å². The third-order valence-corrected chi connectivity index (χ3v) is 6.31. The van der Waals surface area contributed by atoms with E-state index in [-0.39, 0.29) is 5.54 Å². The molecule has 1 fully saturated rings. The molecular weight excluding hydrogens is 264 g/mol. The highest BCUT2D eigenvalue weighted by Gasteiger charge is 2.44. The van der Waals surface area contributed by atoms with Crippen molar-refractivity contribution in [1.29, 1.82) is 0 Å². The van der Waals surface area contributed by atoms with Crippen molar-refractivity contribution in [3.63, 3.8) is 0 Å². The van der Waals surface area contributed by atoms with Gasteiger partial charge in [-0.15, -0.1) is 11.3 Å². The zero-order valence-electron chi connectivity index (χ0n) is 11.6. The molecule has 2 rings (SSSR count). The maximum Gasteiger partial charge on any atom is 0.114 e. The normalized spacial score (nSPS) is 27.9. The van der Waals surface area contributed by atoms with Crippen molar-refractivity contribution in [3.05, 3.63) is 15.6 Å². The lowest BCUT2D eigenvalue weighted by molar-refractivity contribution is 0.183. The quantitative estimate of drug-likeness (QED) is 0.844. The number of methoxy groups -OCH3 is 1. The fourth-order valence-electron chi connectivity index (χ4n) is 2.37. The Morgan fingerprint density at radius 1 is 1.50 bits per heavy atom. The molecule has 2 heterocycles. The molecule has 0 aromatic carbocycles. The summed E-state index contributed by atoms with van der Waals surface area (Å²) in [7, 11) is 1.75. The summed E-state index contributed by atoms with van der Waals surface area (Å²) in [5, 5.41) is 5.53. The fraction of sp³-hybridized carbons (Fsp3) is 0.769. The van der Waals surface area contributed by atoms with Crippen molar-refractivity contribution in [3.8, 4) is 0 Å². The van der Waals surface area contributed by atoms with E-state index >= 15 is 0 Å². The smallest absolute Gasteiger partial charge is 0.114 e. The Balaban J connectivity index is 2.24. The zero-order valence-corrected chi connectivity index (χ0v) is 13.2. The second-order valence-electron chi connectivity index (χ2n) is 4.81. The van der Waals surface area contributed by atoms with Crippen LogP contribution in [0.4, 0.5) is 0 Å². The number of ether oxygens (including phenoxy) is 1. The predicted octanol–water partition coefficient (Wildman–Crippen LogP) is 2.72. The Kier molecular flexibility index (Phi) is 4.69. The Morgan fingerprint density at radius 2 is 2.28 bits per heavy atom. The molecule has 5 heteroatoms. The summed E-state index contributed by atoms with van der Waals surface area (Å²) in [5.41, 5.74) is 1.22. The molecular formula is C13H22N2OS2. The molecule has 0 saturated carbocycles. The van der Waals surface area contributed by atoms with Gasteiger partial charge in [0.25, 0.3) is 0 Å². The van der Waals surface area contributed by atoms with Crippen LogP contribution in [0.5, 0.6) is 0 Å². The van der Waals surface area contributed by atoms with Crippen molar-refractivity contribution in [2.24, 2.45) is 0 Å². The van der Waals surface area contributed by atoms with Crippen molar-refractivity contribution in [1.82, 2.24) is 10.3 Å². The van der Waals surface area contributed by atoms with Crippen molar-refractivity contribution >= 4 is 23.1 Å². The first-order chi connectivity index (χ1) is 8.60. The van der Waals surface area contributed by atoms with Gasteiger partial charge in [0.15, 0.2) is 0 Å². The summed E-state index contributed by atoms with van der Waals surface area (Å²) in [6, 6.07) is 0. The van der Waals surface area contributed by atoms with E-state index < -0.39 is 0 Å².